The fourth-order valence-corrected chi connectivity index (χ4v) is 5.94. The first-order chi connectivity index (χ1) is 17.6. The molecule has 3 aliphatic rings. The van der Waals surface area contributed by atoms with Crippen molar-refractivity contribution in [3.63, 3.8) is 0 Å². The minimum Gasteiger partial charge on any atom is -0.454 e. The Bertz CT molecular complexity index is 1540. The molecule has 7 heteroatoms. The highest BCUT2D eigenvalue weighted by molar-refractivity contribution is 5.97. The van der Waals surface area contributed by atoms with Gasteiger partial charge < -0.3 is 24.3 Å². The maximum absolute atomic E-state index is 13.9. The number of benzene rings is 3. The van der Waals surface area contributed by atoms with Gasteiger partial charge in [-0.05, 0) is 47.4 Å². The number of hydrogen-bond acceptors (Lipinski definition) is 4. The molecule has 0 saturated carbocycles. The van der Waals surface area contributed by atoms with Crippen LogP contribution in [0.4, 0.5) is 0 Å². The maximum Gasteiger partial charge on any atom is 0.246 e. The van der Waals surface area contributed by atoms with Gasteiger partial charge in [0, 0.05) is 29.6 Å². The molecule has 2 unspecified atom stereocenters. The van der Waals surface area contributed by atoms with E-state index in [1.54, 1.807) is 4.90 Å². The standard InChI is InChI=1S/C29H25N3O4/c1-17-6-2-3-7-19(17)28-27-21(20-8-4-5-9-22(20)30-27)13-23-29(34)31(15-26(33)32(23)28)14-18-10-11-24-25(12-18)36-16-35-24/h2-12,23,28,30H,13-16H2,1H3. The Hall–Kier alpha value is -4.26. The van der Waals surface area contributed by atoms with Crippen molar-refractivity contribution < 1.29 is 19.1 Å². The second-order valence-corrected chi connectivity index (χ2v) is 9.72. The Morgan fingerprint density at radius 2 is 1.78 bits per heavy atom. The van der Waals surface area contributed by atoms with E-state index in [-0.39, 0.29) is 31.2 Å². The molecule has 1 N–H and O–H groups in total. The number of nitrogens with zero attached hydrogens (tertiary/aromatic N) is 2. The van der Waals surface area contributed by atoms with Gasteiger partial charge in [0.15, 0.2) is 11.5 Å². The van der Waals surface area contributed by atoms with Gasteiger partial charge in [-0.2, -0.15) is 0 Å². The zero-order chi connectivity index (χ0) is 24.4. The third kappa shape index (κ3) is 3.12. The second-order valence-electron chi connectivity index (χ2n) is 9.72. The van der Waals surface area contributed by atoms with E-state index in [0.29, 0.717) is 24.5 Å². The van der Waals surface area contributed by atoms with Crippen molar-refractivity contribution in [3.8, 4) is 11.5 Å². The van der Waals surface area contributed by atoms with Gasteiger partial charge in [-0.1, -0.05) is 48.5 Å². The predicted octanol–water partition coefficient (Wildman–Crippen LogP) is 4.09. The number of piperazine rings is 1. The van der Waals surface area contributed by atoms with E-state index in [1.807, 2.05) is 47.4 Å². The summed E-state index contributed by atoms with van der Waals surface area (Å²) in [6.45, 7) is 2.65. The SMILES string of the molecule is Cc1ccccc1C1c2[nH]c3ccccc3c2CC2C(=O)N(Cc3ccc4c(c3)OCO4)CC(=O)N21. The zero-order valence-electron chi connectivity index (χ0n) is 19.9. The number of para-hydroxylation sites is 1. The van der Waals surface area contributed by atoms with E-state index < -0.39 is 6.04 Å². The Labute approximate surface area is 208 Å². The van der Waals surface area contributed by atoms with E-state index in [4.69, 9.17) is 9.47 Å². The van der Waals surface area contributed by atoms with Crippen molar-refractivity contribution in [2.75, 3.05) is 13.3 Å². The van der Waals surface area contributed by atoms with Crippen molar-refractivity contribution in [3.05, 3.63) is 94.7 Å². The third-order valence-electron chi connectivity index (χ3n) is 7.64. The number of nitrogens with one attached hydrogen (secondary N) is 1. The van der Waals surface area contributed by atoms with E-state index in [9.17, 15) is 9.59 Å². The molecule has 1 fully saturated rings. The molecule has 1 saturated heterocycles. The number of fused-ring (bicyclic) bond motifs is 5. The van der Waals surface area contributed by atoms with Crippen LogP contribution in [-0.4, -0.2) is 46.0 Å². The maximum atomic E-state index is 13.9. The molecule has 0 spiro atoms. The summed E-state index contributed by atoms with van der Waals surface area (Å²) < 4.78 is 10.9. The number of rotatable bonds is 3. The molecule has 7 rings (SSSR count). The molecule has 4 aromatic rings. The summed E-state index contributed by atoms with van der Waals surface area (Å²) in [5, 5.41) is 1.11. The Kier molecular flexibility index (Phi) is 4.61. The van der Waals surface area contributed by atoms with Crippen LogP contribution < -0.4 is 9.47 Å². The molecule has 180 valence electrons. The van der Waals surface area contributed by atoms with E-state index in [0.717, 1.165) is 38.9 Å². The summed E-state index contributed by atoms with van der Waals surface area (Å²) in [7, 11) is 0. The quantitative estimate of drug-likeness (QED) is 0.480. The highest BCUT2D eigenvalue weighted by atomic mass is 16.7. The molecule has 2 amide bonds. The number of amides is 2. The third-order valence-corrected chi connectivity index (χ3v) is 7.64. The van der Waals surface area contributed by atoms with E-state index in [2.05, 4.69) is 36.2 Å². The molecule has 0 radical (unpaired) electrons. The van der Waals surface area contributed by atoms with Gasteiger partial charge in [0.1, 0.15) is 12.6 Å². The van der Waals surface area contributed by atoms with Crippen molar-refractivity contribution in [2.24, 2.45) is 0 Å². The first kappa shape index (κ1) is 21.1. The summed E-state index contributed by atoms with van der Waals surface area (Å²) in [5.41, 5.74) is 6.19. The normalized spacial score (nSPS) is 20.6. The van der Waals surface area contributed by atoms with Crippen LogP contribution in [-0.2, 0) is 22.6 Å². The first-order valence-corrected chi connectivity index (χ1v) is 12.2. The topological polar surface area (TPSA) is 74.9 Å². The minimum absolute atomic E-state index is 0.0261. The average molecular weight is 480 g/mol. The summed E-state index contributed by atoms with van der Waals surface area (Å²) in [6, 6.07) is 21.1. The van der Waals surface area contributed by atoms with Gasteiger partial charge in [0.25, 0.3) is 0 Å². The highest BCUT2D eigenvalue weighted by Gasteiger charge is 2.48. The molecule has 0 bridgehead atoms. The number of aromatic amines is 1. The van der Waals surface area contributed by atoms with Gasteiger partial charge in [0.05, 0.1) is 6.04 Å². The highest BCUT2D eigenvalue weighted by Crippen LogP contribution is 2.43. The van der Waals surface area contributed by atoms with Crippen LogP contribution >= 0.6 is 0 Å². The molecular weight excluding hydrogens is 454 g/mol. The molecule has 36 heavy (non-hydrogen) atoms. The van der Waals surface area contributed by atoms with E-state index >= 15 is 0 Å². The van der Waals surface area contributed by atoms with Gasteiger partial charge in [-0.3, -0.25) is 9.59 Å². The first-order valence-electron chi connectivity index (χ1n) is 12.2. The number of hydrogen-bond donors (Lipinski definition) is 1. The largest absolute Gasteiger partial charge is 0.454 e. The molecule has 1 aromatic heterocycles. The fourth-order valence-electron chi connectivity index (χ4n) is 5.94. The lowest BCUT2D eigenvalue weighted by atomic mass is 9.85. The summed E-state index contributed by atoms with van der Waals surface area (Å²) in [5.74, 6) is 1.30. The Morgan fingerprint density at radius 1 is 0.972 bits per heavy atom. The van der Waals surface area contributed by atoms with Crippen LogP contribution in [0.15, 0.2) is 66.7 Å². The number of aromatic nitrogens is 1. The Balaban J connectivity index is 1.30. The average Bonchev–Trinajstić information content (AvgIpc) is 3.50. The Morgan fingerprint density at radius 3 is 2.67 bits per heavy atom. The fraction of sp³-hybridized carbons (Fsp3) is 0.241. The van der Waals surface area contributed by atoms with Crippen LogP contribution in [0, 0.1) is 6.92 Å². The van der Waals surface area contributed by atoms with Crippen molar-refractivity contribution in [2.45, 2.75) is 32.0 Å². The lowest BCUT2D eigenvalue weighted by Gasteiger charge is -2.47. The van der Waals surface area contributed by atoms with Crippen LogP contribution in [0.2, 0.25) is 0 Å². The van der Waals surface area contributed by atoms with Crippen LogP contribution in [0.1, 0.15) is 34.0 Å². The van der Waals surface area contributed by atoms with Crippen molar-refractivity contribution >= 4 is 22.7 Å². The van der Waals surface area contributed by atoms with Crippen LogP contribution in [0.25, 0.3) is 10.9 Å². The molecule has 3 aliphatic heterocycles. The van der Waals surface area contributed by atoms with E-state index in [1.165, 1.54) is 0 Å². The molecule has 0 aliphatic carbocycles. The monoisotopic (exact) mass is 479 g/mol. The van der Waals surface area contributed by atoms with Crippen LogP contribution in [0.3, 0.4) is 0 Å². The van der Waals surface area contributed by atoms with Gasteiger partial charge in [0.2, 0.25) is 18.6 Å². The summed E-state index contributed by atoms with van der Waals surface area (Å²) in [6.07, 6.45) is 0.490. The molecule has 7 nitrogen and oxygen atoms in total. The summed E-state index contributed by atoms with van der Waals surface area (Å²) >= 11 is 0. The molecular formula is C29H25N3O4. The van der Waals surface area contributed by atoms with Crippen molar-refractivity contribution in [1.82, 2.24) is 14.8 Å². The minimum atomic E-state index is -0.559. The lowest BCUT2D eigenvalue weighted by molar-refractivity contribution is -0.159. The smallest absolute Gasteiger partial charge is 0.246 e. The van der Waals surface area contributed by atoms with Gasteiger partial charge in [-0.25, -0.2) is 0 Å². The molecule has 3 aromatic carbocycles. The number of H-pyrrole nitrogens is 1. The van der Waals surface area contributed by atoms with Gasteiger partial charge >= 0.3 is 0 Å². The molecule has 2 atom stereocenters. The molecule has 4 heterocycles. The zero-order valence-corrected chi connectivity index (χ0v) is 19.9. The number of carbonyl (C=O) groups is 2. The number of carbonyl (C=O) groups excluding carboxylic acids is 2. The van der Waals surface area contributed by atoms with Crippen molar-refractivity contribution in [1.29, 1.82) is 0 Å². The van der Waals surface area contributed by atoms with Gasteiger partial charge in [-0.15, -0.1) is 0 Å². The number of aryl methyl sites for hydroxylation is 1. The predicted molar refractivity (Wildman–Crippen MR) is 134 cm³/mol. The lowest BCUT2D eigenvalue weighted by Crippen LogP contribution is -2.62. The number of ether oxygens (including phenoxy) is 2. The summed E-state index contributed by atoms with van der Waals surface area (Å²) in [4.78, 5) is 34.8. The second kappa shape index (κ2) is 7.88. The van der Waals surface area contributed by atoms with Crippen LogP contribution in [0.5, 0.6) is 11.5 Å².